The average Bonchev–Trinajstić information content (AvgIpc) is 2.81. The van der Waals surface area contributed by atoms with E-state index in [2.05, 4.69) is 5.48 Å². The third kappa shape index (κ3) is 2.23. The van der Waals surface area contributed by atoms with Crippen LogP contribution >= 0.6 is 0 Å². The second-order valence-corrected chi connectivity index (χ2v) is 4.62. The van der Waals surface area contributed by atoms with Gasteiger partial charge in [-0.3, -0.25) is 4.79 Å². The summed E-state index contributed by atoms with van der Waals surface area (Å²) in [7, 11) is 0. The summed E-state index contributed by atoms with van der Waals surface area (Å²) in [5, 5.41) is 11.2. The lowest BCUT2D eigenvalue weighted by Crippen LogP contribution is -2.41. The van der Waals surface area contributed by atoms with Gasteiger partial charge in [0, 0.05) is 12.0 Å². The van der Waals surface area contributed by atoms with Crippen LogP contribution in [-0.2, 0) is 9.68 Å². The van der Waals surface area contributed by atoms with Crippen molar-refractivity contribution in [2.24, 2.45) is 5.73 Å². The number of carbonyl (C=O) groups excluding carboxylic acids is 1. The van der Waals surface area contributed by atoms with Crippen LogP contribution in [0.25, 0.3) is 0 Å². The minimum absolute atomic E-state index is 0.0249. The van der Waals surface area contributed by atoms with E-state index in [0.29, 0.717) is 24.3 Å². The number of ether oxygens (including phenoxy) is 1. The minimum Gasteiger partial charge on any atom is -0.368 e. The summed E-state index contributed by atoms with van der Waals surface area (Å²) >= 11 is 0. The fourth-order valence-electron chi connectivity index (χ4n) is 2.35. The quantitative estimate of drug-likeness (QED) is 0.714. The number of benzene rings is 1. The second-order valence-electron chi connectivity index (χ2n) is 4.62. The number of nitrogens with one attached hydrogen (secondary N) is 1. The first-order valence-electron chi connectivity index (χ1n) is 6.11. The van der Waals surface area contributed by atoms with E-state index in [1.54, 1.807) is 23.3 Å². The van der Waals surface area contributed by atoms with Gasteiger partial charge in [0.25, 0.3) is 0 Å². The van der Waals surface area contributed by atoms with Crippen LogP contribution in [0.5, 0.6) is 0 Å². The number of primary amides is 1. The highest BCUT2D eigenvalue weighted by Gasteiger charge is 2.32. The van der Waals surface area contributed by atoms with Crippen molar-refractivity contribution in [2.75, 3.05) is 17.2 Å². The molecule has 0 radical (unpaired) electrons. The minimum atomic E-state index is -0.767. The molecule has 0 aliphatic carbocycles. The highest BCUT2D eigenvalue weighted by atomic mass is 16.8. The maximum atomic E-state index is 11.1. The van der Waals surface area contributed by atoms with E-state index >= 15 is 0 Å². The number of rotatable bonds is 2. The van der Waals surface area contributed by atoms with Gasteiger partial charge in [-0.05, 0) is 24.6 Å². The van der Waals surface area contributed by atoms with Crippen molar-refractivity contribution in [1.82, 2.24) is 0 Å². The molecule has 4 N–H and O–H groups in total. The van der Waals surface area contributed by atoms with Crippen molar-refractivity contribution in [3.05, 3.63) is 23.8 Å². The fourth-order valence-corrected chi connectivity index (χ4v) is 2.35. The highest BCUT2D eigenvalue weighted by Crippen LogP contribution is 2.36. The van der Waals surface area contributed by atoms with E-state index in [1.807, 2.05) is 0 Å². The number of aliphatic hydroxyl groups is 1. The molecule has 2 atom stereocenters. The van der Waals surface area contributed by atoms with Gasteiger partial charge in [0.15, 0.2) is 6.29 Å². The first-order chi connectivity index (χ1) is 9.15. The van der Waals surface area contributed by atoms with Gasteiger partial charge >= 0.3 is 0 Å². The van der Waals surface area contributed by atoms with Crippen molar-refractivity contribution < 1.29 is 19.6 Å². The van der Waals surface area contributed by atoms with Crippen molar-refractivity contribution in [3.63, 3.8) is 0 Å². The summed E-state index contributed by atoms with van der Waals surface area (Å²) in [5.41, 5.74) is 9.92. The molecule has 0 spiro atoms. The molecule has 1 saturated heterocycles. The normalized spacial score (nSPS) is 25.8. The van der Waals surface area contributed by atoms with Crippen LogP contribution in [0.2, 0.25) is 0 Å². The second kappa shape index (κ2) is 4.69. The largest absolute Gasteiger partial charge is 0.368 e. The van der Waals surface area contributed by atoms with Gasteiger partial charge < -0.3 is 15.6 Å². The lowest BCUT2D eigenvalue weighted by atomic mass is 10.1. The molecule has 2 heterocycles. The molecular weight excluding hydrogens is 250 g/mol. The van der Waals surface area contributed by atoms with Gasteiger partial charge in [-0.2, -0.15) is 4.94 Å². The number of hydrogen-bond acceptors (Lipinski definition) is 6. The average molecular weight is 265 g/mol. The maximum Gasteiger partial charge on any atom is 0.248 e. The smallest absolute Gasteiger partial charge is 0.248 e. The van der Waals surface area contributed by atoms with Crippen LogP contribution in [0.15, 0.2) is 18.2 Å². The Morgan fingerprint density at radius 3 is 3.11 bits per heavy atom. The lowest BCUT2D eigenvalue weighted by molar-refractivity contribution is -0.134. The summed E-state index contributed by atoms with van der Waals surface area (Å²) in [6.45, 7) is 0.487. The summed E-state index contributed by atoms with van der Waals surface area (Å²) in [6.07, 6.45) is 0.463. The first-order valence-corrected chi connectivity index (χ1v) is 6.11. The summed E-state index contributed by atoms with van der Waals surface area (Å²) in [5.74, 6) is -0.482. The molecule has 1 fully saturated rings. The molecule has 1 aromatic rings. The third-order valence-electron chi connectivity index (χ3n) is 3.34. The Balaban J connectivity index is 1.83. The number of aliphatic hydroxyl groups excluding tert-OH is 1. The molecule has 19 heavy (non-hydrogen) atoms. The van der Waals surface area contributed by atoms with Crippen molar-refractivity contribution in [2.45, 2.75) is 25.2 Å². The zero-order valence-electron chi connectivity index (χ0n) is 10.2. The molecule has 2 aliphatic rings. The standard InChI is InChI=1S/C12H15N3O4/c13-12(17)7-1-2-10-9(5-7)14-19-15(10)8-3-4-18-11(16)6-8/h1-2,5,8,11,14,16H,3-4,6H2,(H2,13,17). The first kappa shape index (κ1) is 12.2. The summed E-state index contributed by atoms with van der Waals surface area (Å²) in [6, 6.07) is 5.10. The predicted molar refractivity (Wildman–Crippen MR) is 67.1 cm³/mol. The monoisotopic (exact) mass is 265 g/mol. The van der Waals surface area contributed by atoms with E-state index in [0.717, 1.165) is 12.1 Å². The summed E-state index contributed by atoms with van der Waals surface area (Å²) in [4.78, 5) is 16.5. The molecule has 3 rings (SSSR count). The Labute approximate surface area is 109 Å². The number of hydroxylamine groups is 1. The Morgan fingerprint density at radius 1 is 1.53 bits per heavy atom. The van der Waals surface area contributed by atoms with Crippen LogP contribution < -0.4 is 16.3 Å². The molecule has 1 aromatic carbocycles. The third-order valence-corrected chi connectivity index (χ3v) is 3.34. The zero-order valence-corrected chi connectivity index (χ0v) is 10.2. The molecule has 0 saturated carbocycles. The molecule has 7 heteroatoms. The number of nitrogens with zero attached hydrogens (tertiary/aromatic N) is 1. The lowest BCUT2D eigenvalue weighted by Gasteiger charge is -2.32. The highest BCUT2D eigenvalue weighted by molar-refractivity contribution is 5.95. The van der Waals surface area contributed by atoms with Gasteiger partial charge in [-0.1, -0.05) is 0 Å². The van der Waals surface area contributed by atoms with Crippen molar-refractivity contribution >= 4 is 17.3 Å². The molecule has 2 aliphatic heterocycles. The Kier molecular flexibility index (Phi) is 3.02. The van der Waals surface area contributed by atoms with E-state index in [1.165, 1.54) is 0 Å². The SMILES string of the molecule is NC(=O)c1ccc2c(c1)NON2C1CCOC(O)C1. The zero-order chi connectivity index (χ0) is 13.4. The number of anilines is 2. The fraction of sp³-hybridized carbons (Fsp3) is 0.417. The number of carbonyl (C=O) groups is 1. The van der Waals surface area contributed by atoms with Crippen LogP contribution in [0.3, 0.4) is 0 Å². The Hall–Kier alpha value is -1.83. The van der Waals surface area contributed by atoms with Crippen LogP contribution in [0.4, 0.5) is 11.4 Å². The van der Waals surface area contributed by atoms with E-state index in [9.17, 15) is 9.90 Å². The van der Waals surface area contributed by atoms with Crippen LogP contribution in [0, 0.1) is 0 Å². The number of hydrogen-bond donors (Lipinski definition) is 3. The van der Waals surface area contributed by atoms with Gasteiger partial charge in [0.2, 0.25) is 5.91 Å². The molecule has 0 aromatic heterocycles. The van der Waals surface area contributed by atoms with Gasteiger partial charge in [-0.25, -0.2) is 10.5 Å². The molecule has 102 valence electrons. The van der Waals surface area contributed by atoms with Gasteiger partial charge in [0.1, 0.15) is 0 Å². The number of nitrogens with two attached hydrogens (primary N) is 1. The van der Waals surface area contributed by atoms with Gasteiger partial charge in [0.05, 0.1) is 24.0 Å². The Morgan fingerprint density at radius 2 is 2.37 bits per heavy atom. The predicted octanol–water partition coefficient (Wildman–Crippen LogP) is 0.361. The Bertz CT molecular complexity index is 508. The molecule has 7 nitrogen and oxygen atoms in total. The van der Waals surface area contributed by atoms with E-state index < -0.39 is 12.2 Å². The van der Waals surface area contributed by atoms with E-state index in [4.69, 9.17) is 15.4 Å². The molecule has 0 bridgehead atoms. The molecule has 2 unspecified atom stereocenters. The van der Waals surface area contributed by atoms with Crippen LogP contribution in [0.1, 0.15) is 23.2 Å². The van der Waals surface area contributed by atoms with Gasteiger partial charge in [-0.15, -0.1) is 0 Å². The molecule has 1 amide bonds. The maximum absolute atomic E-state index is 11.1. The topological polar surface area (TPSA) is 97.1 Å². The number of amides is 1. The van der Waals surface area contributed by atoms with Crippen molar-refractivity contribution in [3.8, 4) is 0 Å². The number of fused-ring (bicyclic) bond motifs is 1. The van der Waals surface area contributed by atoms with E-state index in [-0.39, 0.29) is 6.04 Å². The van der Waals surface area contributed by atoms with Crippen LogP contribution in [-0.4, -0.2) is 30.0 Å². The molecular formula is C12H15N3O4. The van der Waals surface area contributed by atoms with Crippen molar-refractivity contribution in [1.29, 1.82) is 0 Å². The summed E-state index contributed by atoms with van der Waals surface area (Å²) < 4.78 is 5.10.